The topological polar surface area (TPSA) is 114 Å². The van der Waals surface area contributed by atoms with E-state index in [1.54, 1.807) is 0 Å². The Morgan fingerprint density at radius 1 is 0.548 bits per heavy atom. The highest BCUT2D eigenvalue weighted by molar-refractivity contribution is 4.96. The van der Waals surface area contributed by atoms with E-state index >= 15 is 0 Å². The Morgan fingerprint density at radius 3 is 1.57 bits per heavy atom. The molecule has 0 radical (unpaired) electrons. The van der Waals surface area contributed by atoms with Gasteiger partial charge < -0.3 is 48.1 Å². The molecule has 2 N–H and O–H groups in total. The van der Waals surface area contributed by atoms with Crippen molar-refractivity contribution in [1.29, 1.82) is 0 Å². The molecular weight excluding hydrogens is 544 g/mol. The average molecular weight is 607 g/mol. The molecule has 2 aliphatic heterocycles. The van der Waals surface area contributed by atoms with Gasteiger partial charge in [-0.2, -0.15) is 0 Å². The molecule has 6 unspecified atom stereocenters. The first-order chi connectivity index (χ1) is 20.4. The zero-order valence-electron chi connectivity index (χ0n) is 27.2. The quantitative estimate of drug-likeness (QED) is 0.158. The monoisotopic (exact) mass is 606 g/mol. The van der Waals surface area contributed by atoms with Crippen molar-refractivity contribution in [2.24, 2.45) is 0 Å². The van der Waals surface area contributed by atoms with E-state index in [4.69, 9.17) is 37.9 Å². The molecule has 0 amide bonds. The molecule has 42 heavy (non-hydrogen) atoms. The molecular formula is C32H62O10. The Kier molecular flexibility index (Phi) is 19.9. The van der Waals surface area contributed by atoms with Gasteiger partial charge in [0, 0.05) is 33.0 Å². The van der Waals surface area contributed by atoms with Crippen LogP contribution in [0.5, 0.6) is 0 Å². The lowest BCUT2D eigenvalue weighted by Gasteiger charge is -2.49. The third kappa shape index (κ3) is 12.2. The van der Waals surface area contributed by atoms with Crippen LogP contribution in [-0.4, -0.2) is 111 Å². The maximum atomic E-state index is 11.1. The number of hydrogen-bond donors (Lipinski definition) is 2. The summed E-state index contributed by atoms with van der Waals surface area (Å²) in [6.45, 7) is 15.5. The highest BCUT2D eigenvalue weighted by Gasteiger charge is 2.52. The fourth-order valence-electron chi connectivity index (χ4n) is 5.14. The van der Waals surface area contributed by atoms with Crippen molar-refractivity contribution in [1.82, 2.24) is 0 Å². The van der Waals surface area contributed by atoms with Gasteiger partial charge in [0.15, 0.2) is 12.6 Å². The third-order valence-corrected chi connectivity index (χ3v) is 7.81. The molecule has 0 spiro atoms. The Morgan fingerprint density at radius 2 is 1.02 bits per heavy atom. The second-order valence-electron chi connectivity index (χ2n) is 11.6. The highest BCUT2D eigenvalue weighted by atomic mass is 16.7. The molecule has 250 valence electrons. The number of ether oxygens (including phenoxy) is 8. The summed E-state index contributed by atoms with van der Waals surface area (Å²) >= 11 is 0. The zero-order chi connectivity index (χ0) is 30.7. The first-order valence-electron chi connectivity index (χ1n) is 16.8. The summed E-state index contributed by atoms with van der Waals surface area (Å²) in [7, 11) is 0. The Bertz CT molecular complexity index is 655. The van der Waals surface area contributed by atoms with Crippen molar-refractivity contribution in [3.05, 3.63) is 0 Å². The van der Waals surface area contributed by atoms with Gasteiger partial charge >= 0.3 is 0 Å². The third-order valence-electron chi connectivity index (χ3n) is 7.81. The molecule has 10 nitrogen and oxygen atoms in total. The predicted molar refractivity (Wildman–Crippen MR) is 160 cm³/mol. The van der Waals surface area contributed by atoms with Gasteiger partial charge in [0.2, 0.25) is 0 Å². The van der Waals surface area contributed by atoms with Crippen LogP contribution < -0.4 is 0 Å². The van der Waals surface area contributed by atoms with Gasteiger partial charge in [-0.05, 0) is 39.0 Å². The fraction of sp³-hybridized carbons (Fsp3) is 1.00. The lowest BCUT2D eigenvalue weighted by molar-refractivity contribution is -0.366. The van der Waals surface area contributed by atoms with Crippen LogP contribution >= 0.6 is 0 Å². The maximum absolute atomic E-state index is 11.1. The van der Waals surface area contributed by atoms with E-state index in [2.05, 4.69) is 34.6 Å². The van der Waals surface area contributed by atoms with Crippen molar-refractivity contribution in [2.75, 3.05) is 39.6 Å². The van der Waals surface area contributed by atoms with E-state index in [-0.39, 0.29) is 0 Å². The summed E-state index contributed by atoms with van der Waals surface area (Å²) < 4.78 is 50.4. The highest BCUT2D eigenvalue weighted by Crippen LogP contribution is 2.34. The number of rotatable bonds is 23. The van der Waals surface area contributed by atoms with Gasteiger partial charge in [0.25, 0.3) is 0 Å². The van der Waals surface area contributed by atoms with Crippen LogP contribution in [0.15, 0.2) is 0 Å². The standard InChI is InChI=1S/C32H62O10/c1-7-12-17-35-22-24-27(37-19-14-9-3)29(38-20-15-10-4)30(39-21-16-11-5)32(41-24)42-28-25(33)31(34)40-23(6)26(28)36-18-13-8-2/h23-34H,7-22H2,1-6H3/t23?,24?,25?,26-,27+,28?,29?,30?,31+,32+/m0/s1. The van der Waals surface area contributed by atoms with Crippen molar-refractivity contribution >= 4 is 0 Å². The van der Waals surface area contributed by atoms with Crippen LogP contribution in [0, 0.1) is 0 Å². The fourth-order valence-corrected chi connectivity index (χ4v) is 5.14. The smallest absolute Gasteiger partial charge is 0.187 e. The second-order valence-corrected chi connectivity index (χ2v) is 11.6. The first kappa shape index (κ1) is 37.8. The van der Waals surface area contributed by atoms with Crippen molar-refractivity contribution < 1.29 is 48.1 Å². The molecule has 10 atom stereocenters. The Hall–Kier alpha value is -0.400. The number of unbranched alkanes of at least 4 members (excludes halogenated alkanes) is 5. The van der Waals surface area contributed by atoms with Crippen LogP contribution in [0.2, 0.25) is 0 Å². The zero-order valence-corrected chi connectivity index (χ0v) is 27.2. The van der Waals surface area contributed by atoms with Gasteiger partial charge in [-0.1, -0.05) is 66.7 Å². The van der Waals surface area contributed by atoms with Gasteiger partial charge in [-0.25, -0.2) is 0 Å². The van der Waals surface area contributed by atoms with Gasteiger partial charge in [-0.15, -0.1) is 0 Å². The molecule has 0 aromatic carbocycles. The molecule has 10 heteroatoms. The van der Waals surface area contributed by atoms with E-state index in [0.29, 0.717) is 39.6 Å². The molecule has 0 bridgehead atoms. The normalized spacial score (nSPS) is 33.7. The lowest BCUT2D eigenvalue weighted by atomic mass is 9.96. The molecule has 0 saturated carbocycles. The van der Waals surface area contributed by atoms with E-state index in [9.17, 15) is 10.2 Å². The number of aliphatic hydroxyl groups excluding tert-OH is 2. The minimum atomic E-state index is -1.41. The molecule has 2 saturated heterocycles. The van der Waals surface area contributed by atoms with E-state index in [1.165, 1.54) is 0 Å². The summed E-state index contributed by atoms with van der Waals surface area (Å²) in [6, 6.07) is 0. The molecule has 0 aliphatic carbocycles. The van der Waals surface area contributed by atoms with Crippen LogP contribution in [0.25, 0.3) is 0 Å². The first-order valence-corrected chi connectivity index (χ1v) is 16.8. The predicted octanol–water partition coefficient (Wildman–Crippen LogP) is 4.75. The molecule has 0 aromatic heterocycles. The number of hydrogen-bond acceptors (Lipinski definition) is 10. The minimum absolute atomic E-state index is 0.317. The summed E-state index contributed by atoms with van der Waals surface area (Å²) in [5.74, 6) is 0. The minimum Gasteiger partial charge on any atom is -0.385 e. The van der Waals surface area contributed by atoms with E-state index in [1.807, 2.05) is 6.92 Å². The van der Waals surface area contributed by atoms with Crippen LogP contribution in [0.4, 0.5) is 0 Å². The molecule has 2 rings (SSSR count). The van der Waals surface area contributed by atoms with Crippen molar-refractivity contribution in [2.45, 2.75) is 167 Å². The summed E-state index contributed by atoms with van der Waals surface area (Å²) in [6.07, 6.45) is 1.85. The Balaban J connectivity index is 2.41. The molecule has 2 fully saturated rings. The van der Waals surface area contributed by atoms with Gasteiger partial charge in [0.1, 0.15) is 42.7 Å². The van der Waals surface area contributed by atoms with Gasteiger partial charge in [-0.3, -0.25) is 0 Å². The molecule has 0 aromatic rings. The second kappa shape index (κ2) is 22.2. The number of aliphatic hydroxyl groups is 2. The van der Waals surface area contributed by atoms with Crippen LogP contribution in [0.1, 0.15) is 106 Å². The summed E-state index contributed by atoms with van der Waals surface area (Å²) in [5, 5.41) is 21.6. The van der Waals surface area contributed by atoms with E-state index in [0.717, 1.165) is 64.2 Å². The van der Waals surface area contributed by atoms with Crippen LogP contribution in [-0.2, 0) is 37.9 Å². The van der Waals surface area contributed by atoms with Crippen molar-refractivity contribution in [3.8, 4) is 0 Å². The summed E-state index contributed by atoms with van der Waals surface area (Å²) in [5.41, 5.74) is 0. The Labute approximate surface area is 255 Å². The largest absolute Gasteiger partial charge is 0.385 e. The van der Waals surface area contributed by atoms with Gasteiger partial charge in [0.05, 0.1) is 12.7 Å². The molecule has 2 aliphatic rings. The van der Waals surface area contributed by atoms with Crippen LogP contribution in [0.3, 0.4) is 0 Å². The van der Waals surface area contributed by atoms with E-state index < -0.39 is 61.4 Å². The summed E-state index contributed by atoms with van der Waals surface area (Å²) in [4.78, 5) is 0. The lowest BCUT2D eigenvalue weighted by Crippen LogP contribution is -2.65. The maximum Gasteiger partial charge on any atom is 0.187 e. The SMILES string of the molecule is CCCCOCC1O[C@H](OC2C(O)[C@H](O)OC(C)[C@@H]2OCCCC)C(OCCCC)C(OCCCC)[C@@H]1OCCCC. The molecule has 2 heterocycles. The average Bonchev–Trinajstić information content (AvgIpc) is 2.97. The van der Waals surface area contributed by atoms with Crippen molar-refractivity contribution in [3.63, 3.8) is 0 Å².